The van der Waals surface area contributed by atoms with Crippen LogP contribution in [-0.4, -0.2) is 43.6 Å². The molecule has 7 heteroatoms. The van der Waals surface area contributed by atoms with E-state index in [4.69, 9.17) is 9.98 Å². The van der Waals surface area contributed by atoms with Crippen LogP contribution in [0.3, 0.4) is 0 Å². The summed E-state index contributed by atoms with van der Waals surface area (Å²) in [5, 5.41) is 0. The molecule has 6 rings (SSSR count). The van der Waals surface area contributed by atoms with Gasteiger partial charge in [0.2, 0.25) is 0 Å². The molecule has 0 saturated carbocycles. The van der Waals surface area contributed by atoms with Crippen molar-refractivity contribution in [3.05, 3.63) is 130 Å². The van der Waals surface area contributed by atoms with E-state index in [9.17, 15) is 0 Å². The van der Waals surface area contributed by atoms with E-state index in [0.717, 1.165) is 56.4 Å². The number of amidine groups is 2. The number of aryl methyl sites for hydroxylation is 4. The van der Waals surface area contributed by atoms with Crippen molar-refractivity contribution in [1.29, 1.82) is 0 Å². The van der Waals surface area contributed by atoms with E-state index >= 15 is 0 Å². The highest BCUT2D eigenvalue weighted by Gasteiger charge is 2.27. The lowest BCUT2D eigenvalue weighted by Crippen LogP contribution is -2.35. The van der Waals surface area contributed by atoms with Crippen LogP contribution in [0, 0.1) is 27.7 Å². The van der Waals surface area contributed by atoms with Gasteiger partial charge in [-0.1, -0.05) is 66.7 Å². The average Bonchev–Trinajstić information content (AvgIpc) is 2.97. The minimum absolute atomic E-state index is 0.249. The zero-order valence-corrected chi connectivity index (χ0v) is 23.9. The van der Waals surface area contributed by atoms with Crippen molar-refractivity contribution in [3.8, 4) is 22.8 Å². The van der Waals surface area contributed by atoms with E-state index in [0.29, 0.717) is 17.5 Å². The normalized spacial score (nSPS) is 15.0. The third-order valence-corrected chi connectivity index (χ3v) is 6.98. The molecule has 3 heterocycles. The molecule has 7 nitrogen and oxygen atoms in total. The second-order valence-corrected chi connectivity index (χ2v) is 10.4. The number of aromatic nitrogens is 4. The van der Waals surface area contributed by atoms with Crippen LogP contribution >= 0.6 is 0 Å². The third-order valence-electron chi connectivity index (χ3n) is 6.98. The number of hydrogen-bond acceptors (Lipinski definition) is 7. The Kier molecular flexibility index (Phi) is 6.93. The topological polar surface area (TPSA) is 79.5 Å². The summed E-state index contributed by atoms with van der Waals surface area (Å²) < 4.78 is 0. The highest BCUT2D eigenvalue weighted by Crippen LogP contribution is 2.30. The predicted octanol–water partition coefficient (Wildman–Crippen LogP) is 6.67. The molecule has 1 aliphatic rings. The maximum absolute atomic E-state index is 5.14. The molecule has 202 valence electrons. The number of hydrogen-bond donors (Lipinski definition) is 0. The molecular weight excluding hydrogens is 506 g/mol. The number of rotatable bonds is 5. The van der Waals surface area contributed by atoms with Gasteiger partial charge >= 0.3 is 0 Å². The summed E-state index contributed by atoms with van der Waals surface area (Å²) in [6.07, 6.45) is -0.249. The van der Waals surface area contributed by atoms with E-state index in [2.05, 4.69) is 55.2 Å². The Morgan fingerprint density at radius 2 is 1.02 bits per heavy atom. The first-order valence-electron chi connectivity index (χ1n) is 13.6. The average molecular weight is 538 g/mol. The zero-order valence-electron chi connectivity index (χ0n) is 23.9. The number of nitrogens with zero attached hydrogens (tertiary/aromatic N) is 7. The molecule has 0 amide bonds. The molecule has 2 aromatic heterocycles. The van der Waals surface area contributed by atoms with Gasteiger partial charge in [0.1, 0.15) is 12.0 Å². The third kappa shape index (κ3) is 5.52. The van der Waals surface area contributed by atoms with Crippen LogP contribution in [-0.2, 0) is 0 Å². The van der Waals surface area contributed by atoms with Crippen molar-refractivity contribution in [2.24, 2.45) is 9.98 Å². The SMILES string of the molecule is Cc1cc(C)nc(-c2cccc(C3=NC(c4ccccc4)N(C)C(c4cccc(-c5nc(C)cc(C)n5)c4)=N3)c2)n1. The Balaban J connectivity index is 1.47. The zero-order chi connectivity index (χ0) is 28.5. The van der Waals surface area contributed by atoms with Gasteiger partial charge in [0, 0.05) is 52.1 Å². The molecule has 0 fully saturated rings. The largest absolute Gasteiger partial charge is 0.333 e. The minimum Gasteiger partial charge on any atom is -0.333 e. The summed E-state index contributed by atoms with van der Waals surface area (Å²) in [7, 11) is 2.04. The quantitative estimate of drug-likeness (QED) is 0.250. The molecule has 3 aromatic carbocycles. The molecule has 5 aromatic rings. The second kappa shape index (κ2) is 10.8. The Labute approximate surface area is 240 Å². The standard InChI is InChI=1S/C34H31N7/c1-21-17-22(2)36-30(35-21)26-13-9-14-27(19-26)32-39-33(25-11-7-6-8-12-25)41(5)34(40-32)29-16-10-15-28(20-29)31-37-23(3)18-24(4)38-31/h6-20,33H,1-5H3. The molecule has 41 heavy (non-hydrogen) atoms. The van der Waals surface area contributed by atoms with E-state index in [1.165, 1.54) is 0 Å². The lowest BCUT2D eigenvalue weighted by molar-refractivity contribution is 0.383. The van der Waals surface area contributed by atoms with Crippen LogP contribution in [0.25, 0.3) is 22.8 Å². The van der Waals surface area contributed by atoms with Gasteiger partial charge in [-0.05, 0) is 57.5 Å². The molecule has 0 aliphatic carbocycles. The van der Waals surface area contributed by atoms with E-state index in [1.54, 1.807) is 0 Å². The monoisotopic (exact) mass is 537 g/mol. The predicted molar refractivity (Wildman–Crippen MR) is 164 cm³/mol. The van der Waals surface area contributed by atoms with Gasteiger partial charge in [-0.3, -0.25) is 0 Å². The van der Waals surface area contributed by atoms with Crippen molar-refractivity contribution in [2.45, 2.75) is 33.9 Å². The van der Waals surface area contributed by atoms with Crippen molar-refractivity contribution in [3.63, 3.8) is 0 Å². The van der Waals surface area contributed by atoms with Crippen molar-refractivity contribution in [2.75, 3.05) is 7.05 Å². The molecule has 1 aliphatic heterocycles. The van der Waals surface area contributed by atoms with Gasteiger partial charge in [0.05, 0.1) is 0 Å². The number of aliphatic imine (C=N–C) groups is 2. The summed E-state index contributed by atoms with van der Waals surface area (Å²) >= 11 is 0. The van der Waals surface area contributed by atoms with Gasteiger partial charge < -0.3 is 4.90 Å². The second-order valence-electron chi connectivity index (χ2n) is 10.4. The highest BCUT2D eigenvalue weighted by molar-refractivity contribution is 6.13. The lowest BCUT2D eigenvalue weighted by atomic mass is 10.0. The van der Waals surface area contributed by atoms with Gasteiger partial charge in [0.25, 0.3) is 0 Å². The van der Waals surface area contributed by atoms with Crippen molar-refractivity contribution < 1.29 is 0 Å². The molecule has 1 atom stereocenters. The first kappa shape index (κ1) is 26.2. The Hall–Kier alpha value is -5.04. The smallest absolute Gasteiger partial charge is 0.159 e. The fourth-order valence-electron chi connectivity index (χ4n) is 5.16. The van der Waals surface area contributed by atoms with Crippen molar-refractivity contribution in [1.82, 2.24) is 24.8 Å². The highest BCUT2D eigenvalue weighted by atomic mass is 15.3. The summed E-state index contributed by atoms with van der Waals surface area (Å²) in [5.74, 6) is 2.88. The number of benzene rings is 3. The van der Waals surface area contributed by atoms with E-state index in [-0.39, 0.29) is 6.17 Å². The lowest BCUT2D eigenvalue weighted by Gasteiger charge is -2.32. The first-order valence-corrected chi connectivity index (χ1v) is 13.6. The maximum atomic E-state index is 5.14. The van der Waals surface area contributed by atoms with Crippen LogP contribution < -0.4 is 0 Å². The molecular formula is C34H31N7. The minimum atomic E-state index is -0.249. The molecule has 0 spiro atoms. The Morgan fingerprint density at radius 3 is 1.59 bits per heavy atom. The Morgan fingerprint density at radius 1 is 0.537 bits per heavy atom. The van der Waals surface area contributed by atoms with Gasteiger partial charge in [-0.15, -0.1) is 0 Å². The molecule has 0 bridgehead atoms. The van der Waals surface area contributed by atoms with E-state index < -0.39 is 0 Å². The molecule has 0 radical (unpaired) electrons. The van der Waals surface area contributed by atoms with Crippen LogP contribution in [0.2, 0.25) is 0 Å². The van der Waals surface area contributed by atoms with Gasteiger partial charge in [0.15, 0.2) is 17.5 Å². The molecule has 0 N–H and O–H groups in total. The molecule has 1 unspecified atom stereocenters. The summed E-state index contributed by atoms with van der Waals surface area (Å²) in [6, 6.07) is 30.7. The van der Waals surface area contributed by atoms with Crippen LogP contribution in [0.15, 0.2) is 101 Å². The van der Waals surface area contributed by atoms with Crippen LogP contribution in [0.5, 0.6) is 0 Å². The summed E-state index contributed by atoms with van der Waals surface area (Å²) in [5.41, 5.74) is 8.59. The first-order chi connectivity index (χ1) is 19.8. The maximum Gasteiger partial charge on any atom is 0.159 e. The van der Waals surface area contributed by atoms with E-state index in [1.807, 2.05) is 95.4 Å². The van der Waals surface area contributed by atoms with Crippen molar-refractivity contribution >= 4 is 11.7 Å². The Bertz CT molecular complexity index is 1770. The van der Waals surface area contributed by atoms with Gasteiger partial charge in [-0.2, -0.15) is 0 Å². The summed E-state index contributed by atoms with van der Waals surface area (Å²) in [4.78, 5) is 31.1. The fraction of sp³-hybridized carbons (Fsp3) is 0.176. The fourth-order valence-corrected chi connectivity index (χ4v) is 5.16. The van der Waals surface area contributed by atoms with Crippen LogP contribution in [0.1, 0.15) is 45.6 Å². The van der Waals surface area contributed by atoms with Gasteiger partial charge in [-0.25, -0.2) is 29.9 Å². The molecule has 0 saturated heterocycles. The van der Waals surface area contributed by atoms with Crippen LogP contribution in [0.4, 0.5) is 0 Å². The summed E-state index contributed by atoms with van der Waals surface area (Å²) in [6.45, 7) is 7.96.